The van der Waals surface area contributed by atoms with Gasteiger partial charge in [0.05, 0.1) is 18.8 Å². The molecular weight excluding hydrogens is 434 g/mol. The normalized spacial score (nSPS) is 18.8. The molecule has 0 saturated carbocycles. The summed E-state index contributed by atoms with van der Waals surface area (Å²) in [6.07, 6.45) is -2.13. The Morgan fingerprint density at radius 2 is 1.59 bits per heavy atom. The second-order valence-electron chi connectivity index (χ2n) is 7.67. The lowest BCUT2D eigenvalue weighted by Gasteiger charge is -2.29. The third-order valence-electron chi connectivity index (χ3n) is 5.12. The molecule has 0 unspecified atom stereocenters. The summed E-state index contributed by atoms with van der Waals surface area (Å²) in [5, 5.41) is 0. The van der Waals surface area contributed by atoms with Crippen molar-refractivity contribution in [3.05, 3.63) is 58.9 Å². The smallest absolute Gasteiger partial charge is 0.352 e. The molecule has 0 aromatic heterocycles. The molecule has 2 aromatic carbocycles. The molecule has 0 bridgehead atoms. The van der Waals surface area contributed by atoms with Crippen LogP contribution in [0, 0.1) is 35.2 Å². The van der Waals surface area contributed by atoms with Crippen LogP contribution >= 0.6 is 0 Å². The number of hydrogen-bond acceptors (Lipinski definition) is 2. The molecule has 2 aromatic rings. The summed E-state index contributed by atoms with van der Waals surface area (Å²) < 4.78 is 90.8. The fourth-order valence-electron chi connectivity index (χ4n) is 3.54. The third kappa shape index (κ3) is 6.50. The number of benzene rings is 2. The number of ether oxygens (including phenoxy) is 2. The highest BCUT2D eigenvalue weighted by molar-refractivity contribution is 5.66. The van der Waals surface area contributed by atoms with Gasteiger partial charge >= 0.3 is 6.18 Å². The minimum absolute atomic E-state index is 0.0746. The number of alkyl halides is 3. The highest BCUT2D eigenvalue weighted by Gasteiger charge is 2.24. The molecule has 0 aliphatic carbocycles. The van der Waals surface area contributed by atoms with E-state index in [9.17, 15) is 26.3 Å². The summed E-state index contributed by atoms with van der Waals surface area (Å²) in [5.74, 6) is -0.650. The Balaban J connectivity index is 1.68. The van der Waals surface area contributed by atoms with Crippen molar-refractivity contribution in [2.75, 3.05) is 13.2 Å². The molecule has 2 nitrogen and oxygen atoms in total. The molecule has 8 heteroatoms. The number of rotatable bonds is 6. The van der Waals surface area contributed by atoms with Gasteiger partial charge in [0.15, 0.2) is 6.29 Å². The van der Waals surface area contributed by atoms with E-state index in [4.69, 9.17) is 9.47 Å². The minimum Gasteiger partial charge on any atom is -0.352 e. The first-order chi connectivity index (χ1) is 15.2. The molecule has 0 N–H and O–H groups in total. The van der Waals surface area contributed by atoms with Crippen molar-refractivity contribution in [2.24, 2.45) is 5.92 Å². The van der Waals surface area contributed by atoms with Crippen molar-refractivity contribution >= 4 is 0 Å². The highest BCUT2D eigenvalue weighted by atomic mass is 19.4. The Hall–Kier alpha value is -2.50. The molecule has 3 rings (SSSR count). The van der Waals surface area contributed by atoms with Crippen molar-refractivity contribution in [2.45, 2.75) is 45.1 Å². The average Bonchev–Trinajstić information content (AvgIpc) is 2.72. The van der Waals surface area contributed by atoms with Crippen LogP contribution in [0.4, 0.5) is 26.3 Å². The SMILES string of the molecule is CCCC1COC(CCc2ccc(-c3cc(F)c(C#CC(F)(F)F)c(F)c3)c(F)c2)OC1. The van der Waals surface area contributed by atoms with Crippen molar-refractivity contribution in [1.29, 1.82) is 0 Å². The zero-order chi connectivity index (χ0) is 23.3. The Labute approximate surface area is 182 Å². The van der Waals surface area contributed by atoms with Gasteiger partial charge in [-0.15, -0.1) is 0 Å². The van der Waals surface area contributed by atoms with E-state index in [1.54, 1.807) is 6.07 Å². The second-order valence-corrected chi connectivity index (χ2v) is 7.67. The number of aryl methyl sites for hydroxylation is 1. The molecule has 0 amide bonds. The predicted molar refractivity (Wildman–Crippen MR) is 107 cm³/mol. The fourth-order valence-corrected chi connectivity index (χ4v) is 3.54. The van der Waals surface area contributed by atoms with E-state index in [0.717, 1.165) is 30.9 Å². The van der Waals surface area contributed by atoms with Gasteiger partial charge in [-0.2, -0.15) is 13.2 Å². The van der Waals surface area contributed by atoms with Crippen LogP contribution in [-0.2, 0) is 15.9 Å². The van der Waals surface area contributed by atoms with Gasteiger partial charge in [0.1, 0.15) is 17.5 Å². The van der Waals surface area contributed by atoms with Crippen LogP contribution in [0.15, 0.2) is 30.3 Å². The molecule has 0 radical (unpaired) electrons. The lowest BCUT2D eigenvalue weighted by Crippen LogP contribution is -2.32. The molecule has 1 saturated heterocycles. The lowest BCUT2D eigenvalue weighted by atomic mass is 9.99. The van der Waals surface area contributed by atoms with E-state index < -0.39 is 29.2 Å². The molecule has 0 atom stereocenters. The summed E-state index contributed by atoms with van der Waals surface area (Å²) in [6, 6.07) is 5.77. The first-order valence-corrected chi connectivity index (χ1v) is 10.3. The zero-order valence-electron chi connectivity index (χ0n) is 17.4. The van der Waals surface area contributed by atoms with E-state index >= 15 is 0 Å². The van der Waals surface area contributed by atoms with E-state index in [1.807, 2.05) is 0 Å². The van der Waals surface area contributed by atoms with Crippen LogP contribution in [0.2, 0.25) is 0 Å². The highest BCUT2D eigenvalue weighted by Crippen LogP contribution is 2.28. The maximum Gasteiger partial charge on any atom is 0.458 e. The number of halogens is 6. The summed E-state index contributed by atoms with van der Waals surface area (Å²) in [5.41, 5.74) is -0.573. The van der Waals surface area contributed by atoms with E-state index in [0.29, 0.717) is 37.5 Å². The van der Waals surface area contributed by atoms with Crippen LogP contribution in [0.1, 0.15) is 37.3 Å². The quantitative estimate of drug-likeness (QED) is 0.370. The predicted octanol–water partition coefficient (Wildman–Crippen LogP) is 6.41. The van der Waals surface area contributed by atoms with Gasteiger partial charge in [0, 0.05) is 23.8 Å². The second kappa shape index (κ2) is 10.4. The zero-order valence-corrected chi connectivity index (χ0v) is 17.4. The van der Waals surface area contributed by atoms with Crippen molar-refractivity contribution in [3.8, 4) is 23.0 Å². The molecule has 32 heavy (non-hydrogen) atoms. The first-order valence-electron chi connectivity index (χ1n) is 10.3. The van der Waals surface area contributed by atoms with Crippen molar-refractivity contribution < 1.29 is 35.8 Å². The summed E-state index contributed by atoms with van der Waals surface area (Å²) in [4.78, 5) is 0. The van der Waals surface area contributed by atoms with E-state index in [-0.39, 0.29) is 17.4 Å². The fraction of sp³-hybridized carbons (Fsp3) is 0.417. The van der Waals surface area contributed by atoms with Crippen LogP contribution < -0.4 is 0 Å². The van der Waals surface area contributed by atoms with Crippen LogP contribution in [0.25, 0.3) is 11.1 Å². The Morgan fingerprint density at radius 1 is 0.938 bits per heavy atom. The maximum atomic E-state index is 14.6. The number of hydrogen-bond donors (Lipinski definition) is 0. The van der Waals surface area contributed by atoms with E-state index in [2.05, 4.69) is 6.92 Å². The molecular formula is C24H22F6O2. The molecule has 1 aliphatic rings. The molecule has 1 fully saturated rings. The van der Waals surface area contributed by atoms with Gasteiger partial charge in [0.25, 0.3) is 0 Å². The Morgan fingerprint density at radius 3 is 2.16 bits per heavy atom. The summed E-state index contributed by atoms with van der Waals surface area (Å²) in [7, 11) is 0. The van der Waals surface area contributed by atoms with Crippen LogP contribution in [-0.4, -0.2) is 25.7 Å². The van der Waals surface area contributed by atoms with Gasteiger partial charge in [-0.25, -0.2) is 13.2 Å². The van der Waals surface area contributed by atoms with Crippen molar-refractivity contribution in [3.63, 3.8) is 0 Å². The first kappa shape index (κ1) is 24.1. The Bertz CT molecular complexity index is 975. The van der Waals surface area contributed by atoms with Crippen LogP contribution in [0.5, 0.6) is 0 Å². The van der Waals surface area contributed by atoms with Gasteiger partial charge in [-0.1, -0.05) is 31.4 Å². The maximum absolute atomic E-state index is 14.6. The lowest BCUT2D eigenvalue weighted by molar-refractivity contribution is -0.203. The Kier molecular flexibility index (Phi) is 7.86. The van der Waals surface area contributed by atoms with E-state index in [1.165, 1.54) is 18.1 Å². The largest absolute Gasteiger partial charge is 0.458 e. The summed E-state index contributed by atoms with van der Waals surface area (Å²) >= 11 is 0. The standard InChI is InChI=1S/C24H22F6O2/c1-2-3-16-13-31-23(32-14-16)7-5-15-4-6-18(20(25)10-15)17-11-21(26)19(22(27)12-17)8-9-24(28,29)30/h4,6,10-12,16,23H,2-3,5,7,13-14H2,1H3. The average molecular weight is 456 g/mol. The van der Waals surface area contributed by atoms with Gasteiger partial charge < -0.3 is 9.47 Å². The molecule has 1 heterocycles. The van der Waals surface area contributed by atoms with Crippen molar-refractivity contribution in [1.82, 2.24) is 0 Å². The van der Waals surface area contributed by atoms with Crippen LogP contribution in [0.3, 0.4) is 0 Å². The molecule has 1 aliphatic heterocycles. The molecule has 172 valence electrons. The minimum atomic E-state index is -4.88. The topological polar surface area (TPSA) is 18.5 Å². The van der Waals surface area contributed by atoms with Gasteiger partial charge in [0.2, 0.25) is 0 Å². The third-order valence-corrected chi connectivity index (χ3v) is 5.12. The monoisotopic (exact) mass is 456 g/mol. The summed E-state index contributed by atoms with van der Waals surface area (Å²) in [6.45, 7) is 3.36. The van der Waals surface area contributed by atoms with Gasteiger partial charge in [-0.3, -0.25) is 0 Å². The molecule has 0 spiro atoms. The van der Waals surface area contributed by atoms with Gasteiger partial charge in [-0.05, 0) is 42.2 Å².